The number of phenols is 1. The normalized spacial score (nSPS) is 10.1. The van der Waals surface area contributed by atoms with Crippen molar-refractivity contribution in [2.75, 3.05) is 5.32 Å². The van der Waals surface area contributed by atoms with Gasteiger partial charge in [0.2, 0.25) is 0 Å². The van der Waals surface area contributed by atoms with E-state index in [0.717, 1.165) is 4.47 Å². The van der Waals surface area contributed by atoms with E-state index in [1.807, 2.05) is 0 Å². The maximum atomic E-state index is 12.0. The molecule has 0 saturated heterocycles. The lowest BCUT2D eigenvalue weighted by molar-refractivity contribution is 0.0977. The van der Waals surface area contributed by atoms with E-state index < -0.39 is 0 Å². The highest BCUT2D eigenvalue weighted by Crippen LogP contribution is 2.34. The number of rotatable bonds is 2. The standard InChI is InChI=1S/C14H9BrCl2N2O2S/c15-8-3-1-2-7(4-8)13(21)19-14(22)18-11-6-9(16)5-10(17)12(11)20/h1-6,20H,(H2,18,19,21,22). The molecule has 0 heterocycles. The fraction of sp³-hybridized carbons (Fsp3) is 0. The van der Waals surface area contributed by atoms with E-state index in [9.17, 15) is 9.90 Å². The molecule has 0 atom stereocenters. The van der Waals surface area contributed by atoms with Crippen molar-refractivity contribution in [3.05, 3.63) is 56.5 Å². The minimum atomic E-state index is -0.383. The van der Waals surface area contributed by atoms with Gasteiger partial charge in [0.1, 0.15) is 0 Å². The number of halogens is 3. The van der Waals surface area contributed by atoms with Crippen LogP contribution < -0.4 is 10.6 Å². The van der Waals surface area contributed by atoms with Gasteiger partial charge in [-0.05, 0) is 42.5 Å². The zero-order chi connectivity index (χ0) is 16.3. The minimum Gasteiger partial charge on any atom is -0.504 e. The lowest BCUT2D eigenvalue weighted by Crippen LogP contribution is -2.34. The second-order valence-electron chi connectivity index (χ2n) is 4.20. The van der Waals surface area contributed by atoms with Gasteiger partial charge in [-0.1, -0.05) is 45.2 Å². The van der Waals surface area contributed by atoms with Crippen LogP contribution in [0.2, 0.25) is 10.0 Å². The molecule has 1 amide bonds. The number of benzene rings is 2. The van der Waals surface area contributed by atoms with Crippen molar-refractivity contribution < 1.29 is 9.90 Å². The zero-order valence-corrected chi connectivity index (χ0v) is 14.8. The van der Waals surface area contributed by atoms with Gasteiger partial charge in [-0.15, -0.1) is 0 Å². The van der Waals surface area contributed by atoms with E-state index in [4.69, 9.17) is 35.4 Å². The molecule has 0 bridgehead atoms. The monoisotopic (exact) mass is 418 g/mol. The highest BCUT2D eigenvalue weighted by atomic mass is 79.9. The van der Waals surface area contributed by atoms with Crippen molar-refractivity contribution in [3.8, 4) is 5.75 Å². The molecule has 2 rings (SSSR count). The lowest BCUT2D eigenvalue weighted by atomic mass is 10.2. The molecule has 0 aliphatic carbocycles. The van der Waals surface area contributed by atoms with E-state index in [0.29, 0.717) is 10.6 Å². The van der Waals surface area contributed by atoms with Crippen molar-refractivity contribution in [3.63, 3.8) is 0 Å². The van der Waals surface area contributed by atoms with Crippen LogP contribution in [0.4, 0.5) is 5.69 Å². The molecule has 4 nitrogen and oxygen atoms in total. The van der Waals surface area contributed by atoms with Crippen LogP contribution >= 0.6 is 51.3 Å². The van der Waals surface area contributed by atoms with Crippen LogP contribution in [0.1, 0.15) is 10.4 Å². The molecule has 2 aromatic carbocycles. The molecule has 0 aliphatic heterocycles. The Balaban J connectivity index is 2.09. The number of hydrogen-bond acceptors (Lipinski definition) is 3. The molecule has 114 valence electrons. The molecule has 8 heteroatoms. The van der Waals surface area contributed by atoms with E-state index in [1.54, 1.807) is 24.3 Å². The second kappa shape index (κ2) is 7.28. The first-order valence-electron chi connectivity index (χ1n) is 5.92. The Morgan fingerprint density at radius 2 is 1.95 bits per heavy atom. The molecule has 0 saturated carbocycles. The number of anilines is 1. The third kappa shape index (κ3) is 4.33. The van der Waals surface area contributed by atoms with Crippen molar-refractivity contribution >= 4 is 68.1 Å². The summed E-state index contributed by atoms with van der Waals surface area (Å²) in [5, 5.41) is 15.4. The second-order valence-corrected chi connectivity index (χ2v) is 6.37. The number of amides is 1. The number of aromatic hydroxyl groups is 1. The number of carbonyl (C=O) groups excluding carboxylic acids is 1. The van der Waals surface area contributed by atoms with Gasteiger partial charge in [-0.3, -0.25) is 10.1 Å². The number of hydrogen-bond donors (Lipinski definition) is 3. The summed E-state index contributed by atoms with van der Waals surface area (Å²) < 4.78 is 0.776. The van der Waals surface area contributed by atoms with E-state index in [2.05, 4.69) is 26.6 Å². The molecule has 0 aliphatic rings. The fourth-order valence-corrected chi connectivity index (χ4v) is 2.72. The Kier molecular flexibility index (Phi) is 5.63. The van der Waals surface area contributed by atoms with Gasteiger partial charge in [0, 0.05) is 15.1 Å². The fourth-order valence-electron chi connectivity index (χ4n) is 1.62. The number of carbonyl (C=O) groups is 1. The van der Waals surface area contributed by atoms with Crippen molar-refractivity contribution in [1.29, 1.82) is 0 Å². The van der Waals surface area contributed by atoms with Crippen LogP contribution in [0.15, 0.2) is 40.9 Å². The third-order valence-electron chi connectivity index (χ3n) is 2.59. The summed E-state index contributed by atoms with van der Waals surface area (Å²) in [6, 6.07) is 9.69. The van der Waals surface area contributed by atoms with E-state index in [-0.39, 0.29) is 27.5 Å². The predicted molar refractivity (Wildman–Crippen MR) is 96.0 cm³/mol. The SMILES string of the molecule is O=C(NC(=S)Nc1cc(Cl)cc(Cl)c1O)c1cccc(Br)c1. The Bertz CT molecular complexity index is 756. The van der Waals surface area contributed by atoms with E-state index in [1.165, 1.54) is 12.1 Å². The van der Waals surface area contributed by atoms with Crippen LogP contribution in [-0.4, -0.2) is 16.1 Å². The molecule has 0 aromatic heterocycles. The Hall–Kier alpha value is -1.34. The first kappa shape index (κ1) is 17.0. The van der Waals surface area contributed by atoms with Gasteiger partial charge in [-0.2, -0.15) is 0 Å². The molecular formula is C14H9BrCl2N2O2S. The first-order chi connectivity index (χ1) is 10.4. The summed E-state index contributed by atoms with van der Waals surface area (Å²) in [6.45, 7) is 0. The van der Waals surface area contributed by atoms with Crippen LogP contribution in [0.5, 0.6) is 5.75 Å². The summed E-state index contributed by atoms with van der Waals surface area (Å²) in [7, 11) is 0. The van der Waals surface area contributed by atoms with Crippen LogP contribution in [0.25, 0.3) is 0 Å². The van der Waals surface area contributed by atoms with Crippen molar-refractivity contribution in [2.45, 2.75) is 0 Å². The number of nitrogens with one attached hydrogen (secondary N) is 2. The quantitative estimate of drug-likeness (QED) is 0.492. The predicted octanol–water partition coefficient (Wildman–Crippen LogP) is 4.59. The Morgan fingerprint density at radius 1 is 1.23 bits per heavy atom. The largest absolute Gasteiger partial charge is 0.504 e. The van der Waals surface area contributed by atoms with Crippen LogP contribution in [0, 0.1) is 0 Å². The summed E-state index contributed by atoms with van der Waals surface area (Å²) >= 11 is 20.0. The number of phenolic OH excluding ortho intramolecular Hbond substituents is 1. The molecule has 0 unspecified atom stereocenters. The lowest BCUT2D eigenvalue weighted by Gasteiger charge is -2.12. The molecule has 22 heavy (non-hydrogen) atoms. The third-order valence-corrected chi connectivity index (χ3v) is 3.79. The molecule has 0 radical (unpaired) electrons. The van der Waals surface area contributed by atoms with Crippen LogP contribution in [0.3, 0.4) is 0 Å². The topological polar surface area (TPSA) is 61.4 Å². The van der Waals surface area contributed by atoms with Crippen LogP contribution in [-0.2, 0) is 0 Å². The average Bonchev–Trinajstić information content (AvgIpc) is 2.44. The van der Waals surface area contributed by atoms with Crippen molar-refractivity contribution in [1.82, 2.24) is 5.32 Å². The Labute approximate surface area is 150 Å². The summed E-state index contributed by atoms with van der Waals surface area (Å²) in [4.78, 5) is 12.0. The Morgan fingerprint density at radius 3 is 2.64 bits per heavy atom. The van der Waals surface area contributed by atoms with Gasteiger partial charge in [0.25, 0.3) is 5.91 Å². The smallest absolute Gasteiger partial charge is 0.257 e. The number of thiocarbonyl (C=S) groups is 1. The highest BCUT2D eigenvalue weighted by Gasteiger charge is 2.12. The van der Waals surface area contributed by atoms with Gasteiger partial charge < -0.3 is 10.4 Å². The van der Waals surface area contributed by atoms with E-state index >= 15 is 0 Å². The maximum Gasteiger partial charge on any atom is 0.257 e. The molecule has 2 aromatic rings. The van der Waals surface area contributed by atoms with Gasteiger partial charge in [-0.25, -0.2) is 0 Å². The van der Waals surface area contributed by atoms with Gasteiger partial charge in [0.05, 0.1) is 10.7 Å². The van der Waals surface area contributed by atoms with Gasteiger partial charge >= 0.3 is 0 Å². The average molecular weight is 420 g/mol. The first-order valence-corrected chi connectivity index (χ1v) is 7.88. The zero-order valence-electron chi connectivity index (χ0n) is 10.9. The molecule has 3 N–H and O–H groups in total. The molecular weight excluding hydrogens is 411 g/mol. The minimum absolute atomic E-state index is 0.0126. The van der Waals surface area contributed by atoms with Gasteiger partial charge in [0.15, 0.2) is 10.9 Å². The maximum absolute atomic E-state index is 12.0. The molecule has 0 spiro atoms. The summed E-state index contributed by atoms with van der Waals surface area (Å²) in [5.41, 5.74) is 0.643. The summed E-state index contributed by atoms with van der Waals surface area (Å²) in [6.07, 6.45) is 0. The summed E-state index contributed by atoms with van der Waals surface area (Å²) in [5.74, 6) is -0.587. The molecule has 0 fully saturated rings. The van der Waals surface area contributed by atoms with Crippen molar-refractivity contribution in [2.24, 2.45) is 0 Å². The highest BCUT2D eigenvalue weighted by molar-refractivity contribution is 9.10.